The Kier molecular flexibility index (Phi) is 2.76. The van der Waals surface area contributed by atoms with E-state index in [0.717, 1.165) is 18.7 Å². The Morgan fingerprint density at radius 2 is 2.54 bits per heavy atom. The zero-order valence-corrected chi connectivity index (χ0v) is 7.87. The number of aliphatic imine (C=N–C) groups is 1. The molecule has 0 aromatic rings. The summed E-state index contributed by atoms with van der Waals surface area (Å²) in [6.45, 7) is 1.80. The van der Waals surface area contributed by atoms with Crippen LogP contribution < -0.4 is 11.1 Å². The van der Waals surface area contributed by atoms with Crippen molar-refractivity contribution in [3.63, 3.8) is 0 Å². The molecule has 0 bridgehead atoms. The summed E-state index contributed by atoms with van der Waals surface area (Å²) in [6.07, 6.45) is 8.21. The second kappa shape index (κ2) is 4.03. The molecule has 1 fully saturated rings. The van der Waals surface area contributed by atoms with Crippen molar-refractivity contribution in [2.24, 2.45) is 16.6 Å². The van der Waals surface area contributed by atoms with E-state index in [1.165, 1.54) is 12.8 Å². The zero-order valence-electron chi connectivity index (χ0n) is 7.87. The minimum atomic E-state index is 0.334. The van der Waals surface area contributed by atoms with Crippen molar-refractivity contribution in [2.75, 3.05) is 13.1 Å². The van der Waals surface area contributed by atoms with E-state index >= 15 is 0 Å². The molecule has 2 unspecified atom stereocenters. The number of nitrogens with zero attached hydrogens (tertiary/aromatic N) is 1. The van der Waals surface area contributed by atoms with Gasteiger partial charge >= 0.3 is 0 Å². The molecule has 0 aliphatic carbocycles. The van der Waals surface area contributed by atoms with E-state index in [2.05, 4.69) is 22.5 Å². The molecule has 2 rings (SSSR count). The third-order valence-electron chi connectivity index (χ3n) is 2.71. The van der Waals surface area contributed by atoms with Gasteiger partial charge in [-0.3, -0.25) is 10.3 Å². The van der Waals surface area contributed by atoms with Crippen LogP contribution in [0, 0.1) is 5.92 Å². The summed E-state index contributed by atoms with van der Waals surface area (Å²) in [4.78, 5) is 4.63. The lowest BCUT2D eigenvalue weighted by atomic mass is 9.93. The molecule has 2 atom stereocenters. The average molecular weight is 179 g/mol. The molecule has 72 valence electrons. The lowest BCUT2D eigenvalue weighted by molar-refractivity contribution is 0.334. The molecule has 13 heavy (non-hydrogen) atoms. The molecule has 0 amide bonds. The number of piperidine rings is 1. The summed E-state index contributed by atoms with van der Waals surface area (Å²) in [6, 6.07) is 0. The second-order valence-corrected chi connectivity index (χ2v) is 3.72. The monoisotopic (exact) mass is 179 g/mol. The van der Waals surface area contributed by atoms with E-state index in [4.69, 9.17) is 5.73 Å². The number of dihydropyridines is 1. The van der Waals surface area contributed by atoms with E-state index in [1.807, 2.05) is 0 Å². The molecule has 3 heteroatoms. The summed E-state index contributed by atoms with van der Waals surface area (Å²) >= 11 is 0. The predicted octanol–water partition coefficient (Wildman–Crippen LogP) is 0.672. The third kappa shape index (κ3) is 1.98. The molecule has 0 saturated carbocycles. The Labute approximate surface area is 79.1 Å². The molecular formula is C10H17N3. The molecule has 0 spiro atoms. The van der Waals surface area contributed by atoms with Crippen LogP contribution in [0.3, 0.4) is 0 Å². The first-order valence-corrected chi connectivity index (χ1v) is 5.08. The van der Waals surface area contributed by atoms with Gasteiger partial charge in [0.1, 0.15) is 6.17 Å². The molecule has 0 radical (unpaired) electrons. The van der Waals surface area contributed by atoms with Crippen molar-refractivity contribution in [1.82, 2.24) is 5.32 Å². The predicted molar refractivity (Wildman–Crippen MR) is 54.8 cm³/mol. The number of nitrogens with two attached hydrogens (primary N) is 1. The van der Waals surface area contributed by atoms with Crippen molar-refractivity contribution in [1.29, 1.82) is 0 Å². The summed E-state index contributed by atoms with van der Waals surface area (Å²) in [7, 11) is 0. The first-order chi connectivity index (χ1) is 6.40. The number of rotatable bonds is 2. The first kappa shape index (κ1) is 8.91. The largest absolute Gasteiger partial charge is 0.330 e. The summed E-state index contributed by atoms with van der Waals surface area (Å²) in [5, 5.41) is 3.43. The average Bonchev–Trinajstić information content (AvgIpc) is 2.18. The SMILES string of the molecule is NCCC1=NC2NCCCC2C=C1. The smallest absolute Gasteiger partial charge is 0.106 e. The number of hydrogen-bond donors (Lipinski definition) is 2. The van der Waals surface area contributed by atoms with Gasteiger partial charge in [0, 0.05) is 18.1 Å². The van der Waals surface area contributed by atoms with Crippen molar-refractivity contribution in [3.05, 3.63) is 12.2 Å². The van der Waals surface area contributed by atoms with Gasteiger partial charge in [0.25, 0.3) is 0 Å². The Morgan fingerprint density at radius 3 is 3.38 bits per heavy atom. The van der Waals surface area contributed by atoms with E-state index in [0.29, 0.717) is 18.6 Å². The van der Waals surface area contributed by atoms with E-state index in [9.17, 15) is 0 Å². The fraction of sp³-hybridized carbons (Fsp3) is 0.700. The summed E-state index contributed by atoms with van der Waals surface area (Å²) < 4.78 is 0. The van der Waals surface area contributed by atoms with Gasteiger partial charge < -0.3 is 5.73 Å². The van der Waals surface area contributed by atoms with Gasteiger partial charge in [0.2, 0.25) is 0 Å². The summed E-state index contributed by atoms with van der Waals surface area (Å²) in [5.41, 5.74) is 6.64. The molecular weight excluding hydrogens is 162 g/mol. The van der Waals surface area contributed by atoms with Gasteiger partial charge in [-0.25, -0.2) is 0 Å². The van der Waals surface area contributed by atoms with Crippen molar-refractivity contribution >= 4 is 5.71 Å². The Balaban J connectivity index is 2.02. The Morgan fingerprint density at radius 1 is 1.62 bits per heavy atom. The Hall–Kier alpha value is -0.670. The van der Waals surface area contributed by atoms with Crippen LogP contribution in [0.1, 0.15) is 19.3 Å². The lowest BCUT2D eigenvalue weighted by Crippen LogP contribution is -2.41. The highest BCUT2D eigenvalue weighted by atomic mass is 15.1. The highest BCUT2D eigenvalue weighted by molar-refractivity contribution is 5.95. The fourth-order valence-electron chi connectivity index (χ4n) is 1.99. The third-order valence-corrected chi connectivity index (χ3v) is 2.71. The highest BCUT2D eigenvalue weighted by Gasteiger charge is 2.24. The van der Waals surface area contributed by atoms with Crippen LogP contribution in [0.4, 0.5) is 0 Å². The van der Waals surface area contributed by atoms with Crippen LogP contribution in [-0.4, -0.2) is 25.0 Å². The van der Waals surface area contributed by atoms with E-state index in [-0.39, 0.29) is 0 Å². The molecule has 3 N–H and O–H groups in total. The topological polar surface area (TPSA) is 50.4 Å². The summed E-state index contributed by atoms with van der Waals surface area (Å²) in [5.74, 6) is 0.621. The van der Waals surface area contributed by atoms with Crippen molar-refractivity contribution in [3.8, 4) is 0 Å². The fourth-order valence-corrected chi connectivity index (χ4v) is 1.99. The van der Waals surface area contributed by atoms with Gasteiger partial charge in [0.05, 0.1) is 0 Å². The first-order valence-electron chi connectivity index (χ1n) is 5.08. The minimum absolute atomic E-state index is 0.334. The van der Waals surface area contributed by atoms with Crippen LogP contribution in [0.5, 0.6) is 0 Å². The maximum Gasteiger partial charge on any atom is 0.106 e. The standard InChI is InChI=1S/C10H17N3/c11-6-5-9-4-3-8-2-1-7-12-10(8)13-9/h3-4,8,10,12H,1-2,5-7,11H2. The molecule has 3 nitrogen and oxygen atoms in total. The number of nitrogens with one attached hydrogen (secondary N) is 1. The number of fused-ring (bicyclic) bond motifs is 1. The minimum Gasteiger partial charge on any atom is -0.330 e. The highest BCUT2D eigenvalue weighted by Crippen LogP contribution is 2.22. The maximum absolute atomic E-state index is 5.49. The van der Waals surface area contributed by atoms with Gasteiger partial charge in [-0.2, -0.15) is 0 Å². The molecule has 2 heterocycles. The zero-order chi connectivity index (χ0) is 9.10. The normalized spacial score (nSPS) is 32.5. The molecule has 2 aliphatic rings. The molecule has 2 aliphatic heterocycles. The van der Waals surface area contributed by atoms with Crippen molar-refractivity contribution < 1.29 is 0 Å². The van der Waals surface area contributed by atoms with E-state index < -0.39 is 0 Å². The number of hydrogen-bond acceptors (Lipinski definition) is 3. The van der Waals surface area contributed by atoms with Gasteiger partial charge in [0.15, 0.2) is 0 Å². The van der Waals surface area contributed by atoms with Crippen LogP contribution in [0.15, 0.2) is 17.1 Å². The van der Waals surface area contributed by atoms with Crippen LogP contribution in [-0.2, 0) is 0 Å². The van der Waals surface area contributed by atoms with Crippen molar-refractivity contribution in [2.45, 2.75) is 25.4 Å². The van der Waals surface area contributed by atoms with Crippen LogP contribution >= 0.6 is 0 Å². The van der Waals surface area contributed by atoms with Crippen LogP contribution in [0.25, 0.3) is 0 Å². The lowest BCUT2D eigenvalue weighted by Gasteiger charge is -2.30. The second-order valence-electron chi connectivity index (χ2n) is 3.72. The van der Waals surface area contributed by atoms with Crippen LogP contribution in [0.2, 0.25) is 0 Å². The van der Waals surface area contributed by atoms with E-state index in [1.54, 1.807) is 0 Å². The maximum atomic E-state index is 5.49. The number of allylic oxidation sites excluding steroid dienone is 1. The Bertz CT molecular complexity index is 232. The molecule has 0 aromatic heterocycles. The quantitative estimate of drug-likeness (QED) is 0.654. The van der Waals surface area contributed by atoms with Gasteiger partial charge in [-0.05, 0) is 32.0 Å². The molecule has 1 saturated heterocycles. The van der Waals surface area contributed by atoms with Gasteiger partial charge in [-0.1, -0.05) is 6.08 Å². The molecule has 0 aromatic carbocycles. The van der Waals surface area contributed by atoms with Gasteiger partial charge in [-0.15, -0.1) is 0 Å².